The molecule has 0 radical (unpaired) electrons. The molecule has 0 amide bonds. The molecule has 2 aromatic rings. The lowest BCUT2D eigenvalue weighted by molar-refractivity contribution is -0.00554. The van der Waals surface area contributed by atoms with Crippen molar-refractivity contribution >= 4 is 23.1 Å². The zero-order valence-corrected chi connectivity index (χ0v) is 11.1. The van der Waals surface area contributed by atoms with E-state index in [2.05, 4.69) is 28.8 Å². The number of imidazole rings is 1. The summed E-state index contributed by atoms with van der Waals surface area (Å²) in [5, 5.41) is 4.77. The van der Waals surface area contributed by atoms with E-state index in [1.807, 2.05) is 12.3 Å². The fourth-order valence-corrected chi connectivity index (χ4v) is 2.56. The maximum atomic E-state index is 5.94. The standard InChI is InChI=1S/C12H15ClN4O/c1-8-6-16(7-9(2)18-8)12-5-14-11-4-3-10(13)15-17(11)12/h3-5,8-9H,6-7H2,1-2H3/t8-,9+. The largest absolute Gasteiger partial charge is 0.372 e. The lowest BCUT2D eigenvalue weighted by atomic mass is 10.2. The molecule has 96 valence electrons. The van der Waals surface area contributed by atoms with Gasteiger partial charge >= 0.3 is 0 Å². The highest BCUT2D eigenvalue weighted by atomic mass is 35.5. The molecule has 0 aromatic carbocycles. The third-order valence-corrected chi connectivity index (χ3v) is 3.26. The zero-order chi connectivity index (χ0) is 12.7. The molecule has 3 heterocycles. The number of anilines is 1. The molecule has 0 aliphatic carbocycles. The quantitative estimate of drug-likeness (QED) is 0.792. The molecule has 1 fully saturated rings. The number of nitrogens with zero attached hydrogens (tertiary/aromatic N) is 4. The minimum atomic E-state index is 0.207. The molecule has 5 nitrogen and oxygen atoms in total. The van der Waals surface area contributed by atoms with E-state index in [1.54, 1.807) is 10.6 Å². The van der Waals surface area contributed by atoms with Crippen LogP contribution in [0.3, 0.4) is 0 Å². The van der Waals surface area contributed by atoms with Crippen LogP contribution < -0.4 is 4.90 Å². The molecule has 1 aliphatic rings. The predicted molar refractivity (Wildman–Crippen MR) is 70.2 cm³/mol. The summed E-state index contributed by atoms with van der Waals surface area (Å²) in [6.07, 6.45) is 2.25. The van der Waals surface area contributed by atoms with E-state index in [9.17, 15) is 0 Å². The molecule has 0 spiro atoms. The molecule has 0 bridgehead atoms. The van der Waals surface area contributed by atoms with E-state index in [1.165, 1.54) is 0 Å². The third kappa shape index (κ3) is 2.04. The Balaban J connectivity index is 2.00. The van der Waals surface area contributed by atoms with Gasteiger partial charge in [0.15, 0.2) is 11.5 Å². The van der Waals surface area contributed by atoms with E-state index < -0.39 is 0 Å². The minimum absolute atomic E-state index is 0.207. The van der Waals surface area contributed by atoms with Crippen LogP contribution >= 0.6 is 11.6 Å². The van der Waals surface area contributed by atoms with Gasteiger partial charge in [0.05, 0.1) is 18.4 Å². The lowest BCUT2D eigenvalue weighted by Gasteiger charge is -2.35. The van der Waals surface area contributed by atoms with E-state index in [0.717, 1.165) is 24.6 Å². The van der Waals surface area contributed by atoms with Crippen molar-refractivity contribution < 1.29 is 4.74 Å². The van der Waals surface area contributed by atoms with E-state index in [4.69, 9.17) is 16.3 Å². The van der Waals surface area contributed by atoms with Crippen LogP contribution in [-0.4, -0.2) is 39.9 Å². The van der Waals surface area contributed by atoms with E-state index >= 15 is 0 Å². The van der Waals surface area contributed by atoms with Crippen LogP contribution in [0.1, 0.15) is 13.8 Å². The number of hydrogen-bond donors (Lipinski definition) is 0. The van der Waals surface area contributed by atoms with Crippen molar-refractivity contribution in [2.45, 2.75) is 26.1 Å². The Kier molecular flexibility index (Phi) is 2.87. The van der Waals surface area contributed by atoms with Gasteiger partial charge in [-0.3, -0.25) is 0 Å². The fourth-order valence-electron chi connectivity index (χ4n) is 2.42. The molecule has 3 rings (SSSR count). The van der Waals surface area contributed by atoms with Gasteiger partial charge in [-0.2, -0.15) is 9.61 Å². The monoisotopic (exact) mass is 266 g/mol. The van der Waals surface area contributed by atoms with E-state index in [0.29, 0.717) is 5.15 Å². The second kappa shape index (κ2) is 4.40. The van der Waals surface area contributed by atoms with Gasteiger partial charge in [-0.05, 0) is 26.0 Å². The van der Waals surface area contributed by atoms with Crippen molar-refractivity contribution in [1.82, 2.24) is 14.6 Å². The van der Waals surface area contributed by atoms with Gasteiger partial charge in [-0.15, -0.1) is 0 Å². The Hall–Kier alpha value is -1.33. The van der Waals surface area contributed by atoms with Gasteiger partial charge in [0, 0.05) is 13.1 Å². The molecule has 2 atom stereocenters. The molecule has 0 saturated carbocycles. The molecule has 0 unspecified atom stereocenters. The lowest BCUT2D eigenvalue weighted by Crippen LogP contribution is -2.46. The number of fused-ring (bicyclic) bond motifs is 1. The van der Waals surface area contributed by atoms with Crippen LogP contribution in [0.25, 0.3) is 5.65 Å². The Labute approximate surface area is 110 Å². The summed E-state index contributed by atoms with van der Waals surface area (Å²) < 4.78 is 7.52. The topological polar surface area (TPSA) is 42.7 Å². The van der Waals surface area contributed by atoms with Gasteiger partial charge < -0.3 is 9.64 Å². The Morgan fingerprint density at radius 3 is 2.72 bits per heavy atom. The minimum Gasteiger partial charge on any atom is -0.372 e. The van der Waals surface area contributed by atoms with Crippen LogP contribution in [0.4, 0.5) is 5.82 Å². The Bertz CT molecular complexity index is 560. The highest BCUT2D eigenvalue weighted by Gasteiger charge is 2.24. The molecule has 18 heavy (non-hydrogen) atoms. The second-order valence-corrected chi connectivity index (χ2v) is 5.09. The first-order valence-corrected chi connectivity index (χ1v) is 6.42. The summed E-state index contributed by atoms with van der Waals surface area (Å²) in [5.74, 6) is 0.967. The average molecular weight is 267 g/mol. The smallest absolute Gasteiger partial charge is 0.156 e. The first kappa shape index (κ1) is 11.7. The molecular formula is C12H15ClN4O. The molecule has 2 aromatic heterocycles. The maximum Gasteiger partial charge on any atom is 0.156 e. The second-order valence-electron chi connectivity index (χ2n) is 4.70. The zero-order valence-electron chi connectivity index (χ0n) is 10.4. The van der Waals surface area contributed by atoms with Crippen molar-refractivity contribution in [2.24, 2.45) is 0 Å². The molecule has 1 aliphatic heterocycles. The molecule has 0 N–H and O–H groups in total. The van der Waals surface area contributed by atoms with Gasteiger partial charge in [-0.1, -0.05) is 11.6 Å². The van der Waals surface area contributed by atoms with Gasteiger partial charge in [0.25, 0.3) is 0 Å². The SMILES string of the molecule is C[C@@H]1CN(c2cnc3ccc(Cl)nn23)C[C@H](C)O1. The average Bonchev–Trinajstić information content (AvgIpc) is 2.70. The number of halogens is 1. The van der Waals surface area contributed by atoms with Crippen LogP contribution in [0, 0.1) is 0 Å². The first-order valence-electron chi connectivity index (χ1n) is 6.04. The van der Waals surface area contributed by atoms with Crippen LogP contribution in [-0.2, 0) is 4.74 Å². The van der Waals surface area contributed by atoms with Crippen molar-refractivity contribution in [3.63, 3.8) is 0 Å². The molecular weight excluding hydrogens is 252 g/mol. The van der Waals surface area contributed by atoms with Crippen LogP contribution in [0.5, 0.6) is 0 Å². The number of hydrogen-bond acceptors (Lipinski definition) is 4. The van der Waals surface area contributed by atoms with Gasteiger partial charge in [0.2, 0.25) is 0 Å². The summed E-state index contributed by atoms with van der Waals surface area (Å²) in [6.45, 7) is 5.83. The molecule has 1 saturated heterocycles. The van der Waals surface area contributed by atoms with Crippen molar-refractivity contribution in [2.75, 3.05) is 18.0 Å². The Morgan fingerprint density at radius 2 is 2.00 bits per heavy atom. The summed E-state index contributed by atoms with van der Waals surface area (Å²) in [4.78, 5) is 6.58. The van der Waals surface area contributed by atoms with Crippen molar-refractivity contribution in [1.29, 1.82) is 0 Å². The number of aromatic nitrogens is 3. The summed E-state index contributed by atoms with van der Waals surface area (Å²) in [7, 11) is 0. The highest BCUT2D eigenvalue weighted by Crippen LogP contribution is 2.21. The first-order chi connectivity index (χ1) is 8.63. The molecule has 6 heteroatoms. The fraction of sp³-hybridized carbons (Fsp3) is 0.500. The number of rotatable bonds is 1. The van der Waals surface area contributed by atoms with Crippen LogP contribution in [0.2, 0.25) is 5.15 Å². The number of ether oxygens (including phenoxy) is 1. The van der Waals surface area contributed by atoms with Gasteiger partial charge in [-0.25, -0.2) is 4.98 Å². The summed E-state index contributed by atoms with van der Waals surface area (Å²) in [5.41, 5.74) is 0.807. The third-order valence-electron chi connectivity index (χ3n) is 3.06. The van der Waals surface area contributed by atoms with Crippen molar-refractivity contribution in [3.8, 4) is 0 Å². The van der Waals surface area contributed by atoms with Gasteiger partial charge in [0.1, 0.15) is 5.15 Å². The van der Waals surface area contributed by atoms with E-state index in [-0.39, 0.29) is 12.2 Å². The van der Waals surface area contributed by atoms with Crippen LogP contribution in [0.15, 0.2) is 18.3 Å². The Morgan fingerprint density at radius 1 is 1.28 bits per heavy atom. The maximum absolute atomic E-state index is 5.94. The highest BCUT2D eigenvalue weighted by molar-refractivity contribution is 6.29. The summed E-state index contributed by atoms with van der Waals surface area (Å²) in [6, 6.07) is 3.62. The summed E-state index contributed by atoms with van der Waals surface area (Å²) >= 11 is 5.94. The predicted octanol–water partition coefficient (Wildman–Crippen LogP) is 2.00. The normalized spacial score (nSPS) is 24.7. The van der Waals surface area contributed by atoms with Crippen molar-refractivity contribution in [3.05, 3.63) is 23.5 Å². The number of morpholine rings is 1.